The van der Waals surface area contributed by atoms with Crippen LogP contribution >= 0.6 is 12.4 Å². The van der Waals surface area contributed by atoms with Gasteiger partial charge in [-0.25, -0.2) is 0 Å². The number of hydrogen-bond acceptors (Lipinski definition) is 2. The SMILES string of the molecule is C#CCNC(=O)[C@@H]1CCCN[C@@H]1C.Cl. The van der Waals surface area contributed by atoms with E-state index in [0.29, 0.717) is 6.54 Å². The van der Waals surface area contributed by atoms with Crippen molar-refractivity contribution in [3.63, 3.8) is 0 Å². The van der Waals surface area contributed by atoms with E-state index >= 15 is 0 Å². The van der Waals surface area contributed by atoms with Crippen LogP contribution < -0.4 is 10.6 Å². The van der Waals surface area contributed by atoms with Crippen LogP contribution in [0.1, 0.15) is 19.8 Å². The Morgan fingerprint density at radius 1 is 1.71 bits per heavy atom. The van der Waals surface area contributed by atoms with E-state index in [1.807, 2.05) is 6.92 Å². The van der Waals surface area contributed by atoms with Crippen molar-refractivity contribution in [1.82, 2.24) is 10.6 Å². The number of nitrogens with one attached hydrogen (secondary N) is 2. The maximum atomic E-state index is 11.5. The number of amides is 1. The fraction of sp³-hybridized carbons (Fsp3) is 0.700. The van der Waals surface area contributed by atoms with Crippen LogP contribution in [0.2, 0.25) is 0 Å². The lowest BCUT2D eigenvalue weighted by molar-refractivity contribution is -0.126. The second-order valence-corrected chi connectivity index (χ2v) is 3.41. The second-order valence-electron chi connectivity index (χ2n) is 3.41. The Labute approximate surface area is 91.4 Å². The summed E-state index contributed by atoms with van der Waals surface area (Å²) in [4.78, 5) is 11.5. The highest BCUT2D eigenvalue weighted by molar-refractivity contribution is 5.85. The number of terminal acetylenes is 1. The molecule has 1 saturated heterocycles. The molecule has 0 bridgehead atoms. The van der Waals surface area contributed by atoms with Gasteiger partial charge < -0.3 is 10.6 Å². The maximum absolute atomic E-state index is 11.5. The van der Waals surface area contributed by atoms with Crippen molar-refractivity contribution in [2.45, 2.75) is 25.8 Å². The molecule has 2 N–H and O–H groups in total. The Hall–Kier alpha value is -0.720. The molecule has 1 amide bonds. The molecule has 0 aromatic carbocycles. The van der Waals surface area contributed by atoms with E-state index in [0.717, 1.165) is 19.4 Å². The third-order valence-electron chi connectivity index (χ3n) is 2.46. The highest BCUT2D eigenvalue weighted by Crippen LogP contribution is 2.15. The molecule has 3 nitrogen and oxygen atoms in total. The number of halogens is 1. The zero-order chi connectivity index (χ0) is 9.68. The highest BCUT2D eigenvalue weighted by Gasteiger charge is 2.26. The van der Waals surface area contributed by atoms with Gasteiger partial charge in [0.25, 0.3) is 0 Å². The minimum absolute atomic E-state index is 0. The van der Waals surface area contributed by atoms with E-state index < -0.39 is 0 Å². The van der Waals surface area contributed by atoms with Crippen LogP contribution in [0.15, 0.2) is 0 Å². The lowest BCUT2D eigenvalue weighted by Gasteiger charge is -2.28. The fourth-order valence-corrected chi connectivity index (χ4v) is 1.67. The summed E-state index contributed by atoms with van der Waals surface area (Å²) >= 11 is 0. The Kier molecular flexibility index (Phi) is 6.35. The van der Waals surface area contributed by atoms with Gasteiger partial charge in [0, 0.05) is 6.04 Å². The zero-order valence-electron chi connectivity index (χ0n) is 8.38. The molecule has 0 spiro atoms. The topological polar surface area (TPSA) is 41.1 Å². The van der Waals surface area contributed by atoms with Crippen molar-refractivity contribution in [2.24, 2.45) is 5.92 Å². The molecule has 0 aromatic rings. The van der Waals surface area contributed by atoms with Gasteiger partial charge in [0.05, 0.1) is 12.5 Å². The van der Waals surface area contributed by atoms with Gasteiger partial charge in [-0.3, -0.25) is 4.79 Å². The highest BCUT2D eigenvalue weighted by atomic mass is 35.5. The first-order chi connectivity index (χ1) is 6.25. The maximum Gasteiger partial charge on any atom is 0.225 e. The summed E-state index contributed by atoms with van der Waals surface area (Å²) in [6, 6.07) is 0.270. The number of rotatable bonds is 2. The van der Waals surface area contributed by atoms with E-state index in [-0.39, 0.29) is 30.3 Å². The Morgan fingerprint density at radius 2 is 2.43 bits per heavy atom. The molecule has 1 fully saturated rings. The summed E-state index contributed by atoms with van der Waals surface area (Å²) in [6.07, 6.45) is 7.09. The number of piperidine rings is 1. The minimum Gasteiger partial charge on any atom is -0.345 e. The quantitative estimate of drug-likeness (QED) is 0.662. The molecule has 14 heavy (non-hydrogen) atoms. The fourth-order valence-electron chi connectivity index (χ4n) is 1.67. The van der Waals surface area contributed by atoms with Crippen LogP contribution in [0.5, 0.6) is 0 Å². The van der Waals surface area contributed by atoms with E-state index in [1.54, 1.807) is 0 Å². The molecule has 1 aliphatic rings. The molecule has 1 heterocycles. The standard InChI is InChI=1S/C10H16N2O.ClH/c1-3-6-12-10(13)9-5-4-7-11-8(9)2;/h1,8-9,11H,4-7H2,2H3,(H,12,13);1H/t8-,9-;/m1./s1. The van der Waals surface area contributed by atoms with Crippen LogP contribution in [0.4, 0.5) is 0 Å². The minimum atomic E-state index is 0. The molecule has 0 aromatic heterocycles. The lowest BCUT2D eigenvalue weighted by atomic mass is 9.91. The van der Waals surface area contributed by atoms with Crippen molar-refractivity contribution < 1.29 is 4.79 Å². The molecule has 4 heteroatoms. The van der Waals surface area contributed by atoms with Gasteiger partial charge in [-0.05, 0) is 26.3 Å². The Bertz CT molecular complexity index is 225. The van der Waals surface area contributed by atoms with Crippen LogP contribution in [-0.2, 0) is 4.79 Å². The average molecular weight is 217 g/mol. The molecule has 0 radical (unpaired) electrons. The van der Waals surface area contributed by atoms with Crippen molar-refractivity contribution >= 4 is 18.3 Å². The normalized spacial score (nSPS) is 25.7. The summed E-state index contributed by atoms with van der Waals surface area (Å²) < 4.78 is 0. The van der Waals surface area contributed by atoms with Crippen molar-refractivity contribution in [3.8, 4) is 12.3 Å². The Balaban J connectivity index is 0.00000169. The van der Waals surface area contributed by atoms with Gasteiger partial charge in [0.1, 0.15) is 0 Å². The predicted octanol–water partition coefficient (Wildman–Crippen LogP) is 0.546. The van der Waals surface area contributed by atoms with Crippen molar-refractivity contribution in [1.29, 1.82) is 0 Å². The number of hydrogen-bond donors (Lipinski definition) is 2. The number of carbonyl (C=O) groups excluding carboxylic acids is 1. The van der Waals surface area contributed by atoms with Gasteiger partial charge in [-0.2, -0.15) is 0 Å². The summed E-state index contributed by atoms with van der Waals surface area (Å²) in [5.41, 5.74) is 0. The monoisotopic (exact) mass is 216 g/mol. The van der Waals surface area contributed by atoms with Crippen LogP contribution in [-0.4, -0.2) is 25.0 Å². The molecular formula is C10H17ClN2O. The molecule has 80 valence electrons. The van der Waals surface area contributed by atoms with Crippen LogP contribution in [0.25, 0.3) is 0 Å². The predicted molar refractivity (Wildman–Crippen MR) is 59.3 cm³/mol. The van der Waals surface area contributed by atoms with Crippen molar-refractivity contribution in [3.05, 3.63) is 0 Å². The average Bonchev–Trinajstić information content (AvgIpc) is 2.15. The third kappa shape index (κ3) is 3.57. The summed E-state index contributed by atoms with van der Waals surface area (Å²) in [5, 5.41) is 5.99. The largest absolute Gasteiger partial charge is 0.345 e. The Morgan fingerprint density at radius 3 is 3.00 bits per heavy atom. The molecule has 2 atom stereocenters. The molecule has 0 unspecified atom stereocenters. The lowest BCUT2D eigenvalue weighted by Crippen LogP contribution is -2.46. The second kappa shape index (κ2) is 6.69. The molecule has 0 saturated carbocycles. The van der Waals surface area contributed by atoms with Gasteiger partial charge >= 0.3 is 0 Å². The smallest absolute Gasteiger partial charge is 0.225 e. The molecule has 0 aliphatic carbocycles. The molecular weight excluding hydrogens is 200 g/mol. The van der Waals surface area contributed by atoms with Crippen molar-refractivity contribution in [2.75, 3.05) is 13.1 Å². The van der Waals surface area contributed by atoms with Gasteiger partial charge in [0.2, 0.25) is 5.91 Å². The van der Waals surface area contributed by atoms with E-state index in [2.05, 4.69) is 16.6 Å². The summed E-state index contributed by atoms with van der Waals surface area (Å²) in [7, 11) is 0. The van der Waals surface area contributed by atoms with E-state index in [4.69, 9.17) is 6.42 Å². The first-order valence-corrected chi connectivity index (χ1v) is 4.70. The first-order valence-electron chi connectivity index (χ1n) is 4.70. The third-order valence-corrected chi connectivity index (χ3v) is 2.46. The zero-order valence-corrected chi connectivity index (χ0v) is 9.19. The van der Waals surface area contributed by atoms with Crippen LogP contribution in [0, 0.1) is 18.3 Å². The van der Waals surface area contributed by atoms with Gasteiger partial charge in [-0.1, -0.05) is 5.92 Å². The van der Waals surface area contributed by atoms with Gasteiger partial charge in [0.15, 0.2) is 0 Å². The number of carbonyl (C=O) groups is 1. The van der Waals surface area contributed by atoms with Crippen LogP contribution in [0.3, 0.4) is 0 Å². The van der Waals surface area contributed by atoms with E-state index in [9.17, 15) is 4.79 Å². The summed E-state index contributed by atoms with van der Waals surface area (Å²) in [5.74, 6) is 2.57. The molecule has 1 rings (SSSR count). The van der Waals surface area contributed by atoms with E-state index in [1.165, 1.54) is 0 Å². The first kappa shape index (κ1) is 13.3. The molecule has 1 aliphatic heterocycles. The van der Waals surface area contributed by atoms with Gasteiger partial charge in [-0.15, -0.1) is 18.8 Å². The summed E-state index contributed by atoms with van der Waals surface area (Å²) in [6.45, 7) is 3.39.